The summed E-state index contributed by atoms with van der Waals surface area (Å²) in [6.07, 6.45) is 1.81. The minimum absolute atomic E-state index is 0.00746. The third-order valence-corrected chi connectivity index (χ3v) is 7.81. The number of hydrogen-bond acceptors (Lipinski definition) is 3. The van der Waals surface area contributed by atoms with Crippen molar-refractivity contribution in [1.29, 1.82) is 0 Å². The second-order valence-electron chi connectivity index (χ2n) is 10.3. The molecule has 39 heavy (non-hydrogen) atoms. The number of pyridine rings is 1. The molecular formula is C31H32ClN5OS. The SMILES string of the molecule is Cc1cc(N2C(=S)NC(c3ccccn3)C2c2cc(C)n(-c3ccc(Cl)cc3)c2C)ccc1NC(=O)C(C)C. The van der Waals surface area contributed by atoms with E-state index in [2.05, 4.69) is 51.1 Å². The van der Waals surface area contributed by atoms with Gasteiger partial charge in [-0.3, -0.25) is 9.78 Å². The van der Waals surface area contributed by atoms with Crippen molar-refractivity contribution < 1.29 is 4.79 Å². The summed E-state index contributed by atoms with van der Waals surface area (Å²) < 4.78 is 2.25. The number of carbonyl (C=O) groups excluding carboxylic acids is 1. The fourth-order valence-electron chi connectivity index (χ4n) is 5.24. The zero-order valence-electron chi connectivity index (χ0n) is 22.7. The van der Waals surface area contributed by atoms with Gasteiger partial charge in [0.05, 0.1) is 17.8 Å². The van der Waals surface area contributed by atoms with Crippen molar-refractivity contribution in [2.75, 3.05) is 10.2 Å². The number of aromatic nitrogens is 2. The summed E-state index contributed by atoms with van der Waals surface area (Å²) in [5.74, 6) is -0.106. The Bertz CT molecular complexity index is 1530. The van der Waals surface area contributed by atoms with E-state index >= 15 is 0 Å². The number of rotatable bonds is 6. The molecule has 2 atom stereocenters. The number of hydrogen-bond donors (Lipinski definition) is 2. The summed E-state index contributed by atoms with van der Waals surface area (Å²) in [4.78, 5) is 19.2. The van der Waals surface area contributed by atoms with Crippen LogP contribution in [0.4, 0.5) is 11.4 Å². The zero-order chi connectivity index (χ0) is 27.8. The fraction of sp³-hybridized carbons (Fsp3) is 0.258. The Hall–Kier alpha value is -3.68. The molecule has 0 spiro atoms. The maximum atomic E-state index is 12.3. The molecule has 0 radical (unpaired) electrons. The van der Waals surface area contributed by atoms with Crippen LogP contribution in [0.3, 0.4) is 0 Å². The number of thiocarbonyl (C=S) groups is 1. The van der Waals surface area contributed by atoms with E-state index in [1.807, 2.05) is 81.6 Å². The van der Waals surface area contributed by atoms with Crippen LogP contribution in [0.25, 0.3) is 5.69 Å². The molecule has 0 aliphatic carbocycles. The van der Waals surface area contributed by atoms with E-state index in [1.54, 1.807) is 0 Å². The lowest BCUT2D eigenvalue weighted by Crippen LogP contribution is -2.29. The maximum Gasteiger partial charge on any atom is 0.226 e. The topological polar surface area (TPSA) is 62.2 Å². The van der Waals surface area contributed by atoms with Gasteiger partial charge < -0.3 is 20.1 Å². The molecular weight excluding hydrogens is 526 g/mol. The summed E-state index contributed by atoms with van der Waals surface area (Å²) >= 11 is 12.1. The van der Waals surface area contributed by atoms with Crippen LogP contribution < -0.4 is 15.5 Å². The highest BCUT2D eigenvalue weighted by atomic mass is 35.5. The molecule has 2 aromatic heterocycles. The second-order valence-corrected chi connectivity index (χ2v) is 11.1. The Morgan fingerprint density at radius 1 is 1.03 bits per heavy atom. The smallest absolute Gasteiger partial charge is 0.226 e. The van der Waals surface area contributed by atoms with Crippen molar-refractivity contribution in [2.45, 2.75) is 46.7 Å². The van der Waals surface area contributed by atoms with Crippen LogP contribution in [0.1, 0.15) is 54.1 Å². The number of aryl methyl sites for hydroxylation is 2. The van der Waals surface area contributed by atoms with Crippen LogP contribution in [-0.2, 0) is 4.79 Å². The van der Waals surface area contributed by atoms with Crippen LogP contribution in [0.2, 0.25) is 5.02 Å². The molecule has 200 valence electrons. The molecule has 1 aliphatic rings. The number of anilines is 2. The quantitative estimate of drug-likeness (QED) is 0.245. The molecule has 8 heteroatoms. The lowest BCUT2D eigenvalue weighted by Gasteiger charge is -2.29. The summed E-state index contributed by atoms with van der Waals surface area (Å²) in [6.45, 7) is 10.0. The van der Waals surface area contributed by atoms with Crippen LogP contribution >= 0.6 is 23.8 Å². The van der Waals surface area contributed by atoms with Crippen molar-refractivity contribution in [3.8, 4) is 5.69 Å². The summed E-state index contributed by atoms with van der Waals surface area (Å²) in [6, 6.07) is 21.8. The Morgan fingerprint density at radius 2 is 1.74 bits per heavy atom. The number of halogens is 1. The summed E-state index contributed by atoms with van der Waals surface area (Å²) in [7, 11) is 0. The normalized spacial score (nSPS) is 17.0. The van der Waals surface area contributed by atoms with E-state index in [0.717, 1.165) is 45.3 Å². The minimum Gasteiger partial charge on any atom is -0.351 e. The van der Waals surface area contributed by atoms with E-state index in [-0.39, 0.29) is 23.9 Å². The maximum absolute atomic E-state index is 12.3. The first-order valence-electron chi connectivity index (χ1n) is 13.0. The second kappa shape index (κ2) is 10.8. The summed E-state index contributed by atoms with van der Waals surface area (Å²) in [5, 5.41) is 7.91. The van der Waals surface area contributed by atoms with Crippen molar-refractivity contribution in [3.05, 3.63) is 106 Å². The molecule has 6 nitrogen and oxygen atoms in total. The van der Waals surface area contributed by atoms with E-state index in [0.29, 0.717) is 10.1 Å². The monoisotopic (exact) mass is 557 g/mol. The number of benzene rings is 2. The Labute approximate surface area is 240 Å². The van der Waals surface area contributed by atoms with Crippen molar-refractivity contribution in [3.63, 3.8) is 0 Å². The molecule has 4 aromatic rings. The molecule has 0 saturated carbocycles. The van der Waals surface area contributed by atoms with Gasteiger partial charge in [-0.1, -0.05) is 31.5 Å². The van der Waals surface area contributed by atoms with Crippen LogP contribution in [0.15, 0.2) is 72.9 Å². The highest BCUT2D eigenvalue weighted by Crippen LogP contribution is 2.44. The van der Waals surface area contributed by atoms with E-state index < -0.39 is 0 Å². The lowest BCUT2D eigenvalue weighted by molar-refractivity contribution is -0.118. The van der Waals surface area contributed by atoms with Crippen molar-refractivity contribution in [1.82, 2.24) is 14.9 Å². The van der Waals surface area contributed by atoms with Gasteiger partial charge in [-0.25, -0.2) is 0 Å². The number of nitrogens with one attached hydrogen (secondary N) is 2. The molecule has 1 saturated heterocycles. The first kappa shape index (κ1) is 26.9. The average Bonchev–Trinajstić information content (AvgIpc) is 3.41. The van der Waals surface area contributed by atoms with E-state index in [9.17, 15) is 4.79 Å². The van der Waals surface area contributed by atoms with Crippen LogP contribution in [-0.4, -0.2) is 20.6 Å². The highest BCUT2D eigenvalue weighted by molar-refractivity contribution is 7.80. The molecule has 1 amide bonds. The van der Waals surface area contributed by atoms with Gasteiger partial charge >= 0.3 is 0 Å². The van der Waals surface area contributed by atoms with E-state index in [1.165, 1.54) is 0 Å². The lowest BCUT2D eigenvalue weighted by atomic mass is 9.96. The molecule has 0 bridgehead atoms. The van der Waals surface area contributed by atoms with Gasteiger partial charge in [0, 0.05) is 45.6 Å². The van der Waals surface area contributed by atoms with Gasteiger partial charge in [0.1, 0.15) is 0 Å². The van der Waals surface area contributed by atoms with Gasteiger partial charge in [-0.15, -0.1) is 0 Å². The third-order valence-electron chi connectivity index (χ3n) is 7.24. The number of nitrogens with zero attached hydrogens (tertiary/aromatic N) is 3. The molecule has 3 heterocycles. The van der Waals surface area contributed by atoms with Gasteiger partial charge in [0.25, 0.3) is 0 Å². The average molecular weight is 558 g/mol. The molecule has 2 N–H and O–H groups in total. The number of carbonyl (C=O) groups is 1. The minimum atomic E-state index is -0.154. The first-order valence-corrected chi connectivity index (χ1v) is 13.8. The molecule has 1 aliphatic heterocycles. The fourth-order valence-corrected chi connectivity index (χ4v) is 5.71. The highest BCUT2D eigenvalue weighted by Gasteiger charge is 2.42. The van der Waals surface area contributed by atoms with Crippen LogP contribution in [0, 0.1) is 26.7 Å². The first-order chi connectivity index (χ1) is 18.7. The molecule has 2 unspecified atom stereocenters. The van der Waals surface area contributed by atoms with Gasteiger partial charge in [0.2, 0.25) is 5.91 Å². The zero-order valence-corrected chi connectivity index (χ0v) is 24.3. The predicted molar refractivity (Wildman–Crippen MR) is 163 cm³/mol. The van der Waals surface area contributed by atoms with Gasteiger partial charge in [0.15, 0.2) is 5.11 Å². The Balaban J connectivity index is 1.61. The largest absolute Gasteiger partial charge is 0.351 e. The van der Waals surface area contributed by atoms with Gasteiger partial charge in [-0.05, 0) is 105 Å². The van der Waals surface area contributed by atoms with Crippen molar-refractivity contribution in [2.24, 2.45) is 5.92 Å². The Kier molecular flexibility index (Phi) is 7.47. The molecule has 2 aromatic carbocycles. The van der Waals surface area contributed by atoms with Crippen molar-refractivity contribution >= 4 is 46.2 Å². The number of amides is 1. The molecule has 1 fully saturated rings. The summed E-state index contributed by atoms with van der Waals surface area (Å²) in [5.41, 5.74) is 8.08. The van der Waals surface area contributed by atoms with Crippen LogP contribution in [0.5, 0.6) is 0 Å². The predicted octanol–water partition coefficient (Wildman–Crippen LogP) is 7.22. The van der Waals surface area contributed by atoms with Gasteiger partial charge in [-0.2, -0.15) is 0 Å². The standard InChI is InChI=1S/C31H32ClN5OS/c1-18(2)30(38)34-26-14-13-24(16-19(26)3)37-29(28(35-31(37)39)27-8-6-7-15-33-27)25-17-20(4)36(21(25)5)23-11-9-22(32)10-12-23/h6-18,28-29H,1-5H3,(H,34,38)(H,35,39). The van der Waals surface area contributed by atoms with E-state index in [4.69, 9.17) is 23.8 Å². The third kappa shape index (κ3) is 5.16. The molecule has 5 rings (SSSR count). The Morgan fingerprint density at radius 3 is 2.38 bits per heavy atom.